The minimum atomic E-state index is 0.0876. The van der Waals surface area contributed by atoms with Gasteiger partial charge in [-0.25, -0.2) is 0 Å². The molecule has 3 rings (SSSR count). The van der Waals surface area contributed by atoms with Gasteiger partial charge >= 0.3 is 0 Å². The average molecular weight is 375 g/mol. The van der Waals surface area contributed by atoms with Gasteiger partial charge in [-0.15, -0.1) is 0 Å². The first kappa shape index (κ1) is 20.3. The molecule has 1 amide bonds. The van der Waals surface area contributed by atoms with Crippen molar-refractivity contribution in [3.05, 3.63) is 29.8 Å². The van der Waals surface area contributed by atoms with E-state index in [0.717, 1.165) is 64.1 Å². The number of carbonyl (C=O) groups excluding carboxylic acids is 1. The molecule has 2 aliphatic rings. The van der Waals surface area contributed by atoms with Gasteiger partial charge in [0.15, 0.2) is 0 Å². The van der Waals surface area contributed by atoms with Gasteiger partial charge in [0.05, 0.1) is 19.8 Å². The Morgan fingerprint density at radius 2 is 1.78 bits per heavy atom. The van der Waals surface area contributed by atoms with Crippen molar-refractivity contribution >= 4 is 11.6 Å². The zero-order valence-corrected chi connectivity index (χ0v) is 16.6. The Morgan fingerprint density at radius 1 is 1.07 bits per heavy atom. The van der Waals surface area contributed by atoms with Crippen LogP contribution in [0.4, 0.5) is 5.69 Å². The number of hydrogen-bond acceptors (Lipinski definition) is 5. The normalized spacial score (nSPS) is 19.9. The quantitative estimate of drug-likeness (QED) is 0.726. The summed E-state index contributed by atoms with van der Waals surface area (Å²) in [6.07, 6.45) is 3.64. The maximum absolute atomic E-state index is 12.4. The van der Waals surface area contributed by atoms with E-state index in [1.807, 2.05) is 19.2 Å². The summed E-state index contributed by atoms with van der Waals surface area (Å²) in [5.74, 6) is 0.889. The van der Waals surface area contributed by atoms with Crippen LogP contribution in [0.1, 0.15) is 24.8 Å². The van der Waals surface area contributed by atoms with Crippen molar-refractivity contribution in [2.45, 2.75) is 25.8 Å². The van der Waals surface area contributed by atoms with E-state index in [2.05, 4.69) is 32.6 Å². The Kier molecular flexibility index (Phi) is 8.08. The van der Waals surface area contributed by atoms with Crippen LogP contribution in [0.3, 0.4) is 0 Å². The first-order valence-electron chi connectivity index (χ1n) is 10.3. The van der Waals surface area contributed by atoms with Crippen molar-refractivity contribution in [2.75, 3.05) is 64.8 Å². The lowest BCUT2D eigenvalue weighted by molar-refractivity contribution is -0.117. The Hall–Kier alpha value is -1.47. The van der Waals surface area contributed by atoms with Crippen LogP contribution < -0.4 is 10.6 Å². The van der Waals surface area contributed by atoms with Gasteiger partial charge in [0.1, 0.15) is 0 Å². The van der Waals surface area contributed by atoms with Gasteiger partial charge in [-0.1, -0.05) is 12.1 Å². The van der Waals surface area contributed by atoms with Crippen LogP contribution in [0.2, 0.25) is 0 Å². The van der Waals surface area contributed by atoms with Crippen LogP contribution in [0.25, 0.3) is 0 Å². The highest BCUT2D eigenvalue weighted by atomic mass is 16.5. The summed E-state index contributed by atoms with van der Waals surface area (Å²) in [6.45, 7) is 8.21. The second-order valence-corrected chi connectivity index (χ2v) is 7.75. The average Bonchev–Trinajstić information content (AvgIpc) is 2.70. The molecule has 2 aliphatic heterocycles. The van der Waals surface area contributed by atoms with Gasteiger partial charge in [0.2, 0.25) is 5.91 Å². The molecule has 0 radical (unpaired) electrons. The molecule has 6 heteroatoms. The predicted octanol–water partition coefficient (Wildman–Crippen LogP) is 1.78. The summed E-state index contributed by atoms with van der Waals surface area (Å²) in [4.78, 5) is 17.0. The van der Waals surface area contributed by atoms with Gasteiger partial charge in [-0.3, -0.25) is 14.6 Å². The molecule has 2 N–H and O–H groups in total. The number of rotatable bonds is 8. The first-order chi connectivity index (χ1) is 13.2. The standard InChI is InChI=1S/C21H34N4O2/c1-22-9-6-18-7-10-24(11-8-18)17-21(26)23-20-4-2-19(3-5-20)16-25-12-14-27-15-13-25/h2-5,18,22H,6-17H2,1H3,(H,23,26). The Balaban J connectivity index is 1.38. The van der Waals surface area contributed by atoms with Gasteiger partial charge in [-0.2, -0.15) is 0 Å². The lowest BCUT2D eigenvalue weighted by Crippen LogP contribution is -2.39. The number of amides is 1. The van der Waals surface area contributed by atoms with E-state index in [1.165, 1.54) is 24.8 Å². The largest absolute Gasteiger partial charge is 0.379 e. The highest BCUT2D eigenvalue weighted by Gasteiger charge is 2.20. The number of morpholine rings is 1. The molecule has 27 heavy (non-hydrogen) atoms. The molecular weight excluding hydrogens is 340 g/mol. The van der Waals surface area contributed by atoms with E-state index in [0.29, 0.717) is 6.54 Å². The summed E-state index contributed by atoms with van der Waals surface area (Å²) in [5, 5.41) is 6.27. The Labute approximate surface area is 163 Å². The van der Waals surface area contributed by atoms with Crippen LogP contribution in [0.15, 0.2) is 24.3 Å². The number of ether oxygens (including phenoxy) is 1. The van der Waals surface area contributed by atoms with E-state index in [9.17, 15) is 4.79 Å². The molecular formula is C21H34N4O2. The fraction of sp³-hybridized carbons (Fsp3) is 0.667. The number of carbonyl (C=O) groups is 1. The number of likely N-dealkylation sites (tertiary alicyclic amines) is 1. The van der Waals surface area contributed by atoms with Crippen LogP contribution in [-0.4, -0.2) is 75.2 Å². The fourth-order valence-corrected chi connectivity index (χ4v) is 3.90. The minimum absolute atomic E-state index is 0.0876. The highest BCUT2D eigenvalue weighted by molar-refractivity contribution is 5.92. The number of nitrogens with one attached hydrogen (secondary N) is 2. The molecule has 6 nitrogen and oxygen atoms in total. The van der Waals surface area contributed by atoms with E-state index < -0.39 is 0 Å². The third-order valence-corrected chi connectivity index (χ3v) is 5.62. The molecule has 0 bridgehead atoms. The summed E-state index contributed by atoms with van der Waals surface area (Å²) >= 11 is 0. The topological polar surface area (TPSA) is 56.8 Å². The van der Waals surface area contributed by atoms with Crippen LogP contribution in [0, 0.1) is 5.92 Å². The smallest absolute Gasteiger partial charge is 0.238 e. The Bertz CT molecular complexity index is 564. The summed E-state index contributed by atoms with van der Waals surface area (Å²) in [7, 11) is 2.01. The Morgan fingerprint density at radius 3 is 2.44 bits per heavy atom. The number of hydrogen-bond donors (Lipinski definition) is 2. The minimum Gasteiger partial charge on any atom is -0.379 e. The first-order valence-corrected chi connectivity index (χ1v) is 10.3. The van der Waals surface area contributed by atoms with Gasteiger partial charge in [0.25, 0.3) is 0 Å². The van der Waals surface area contributed by atoms with Crippen molar-refractivity contribution in [2.24, 2.45) is 5.92 Å². The van der Waals surface area contributed by atoms with E-state index in [-0.39, 0.29) is 5.91 Å². The number of anilines is 1. The summed E-state index contributed by atoms with van der Waals surface area (Å²) in [6, 6.07) is 8.24. The van der Waals surface area contributed by atoms with Crippen molar-refractivity contribution in [1.29, 1.82) is 0 Å². The number of piperidine rings is 1. The molecule has 2 saturated heterocycles. The molecule has 1 aromatic carbocycles. The molecule has 150 valence electrons. The number of nitrogens with zero attached hydrogens (tertiary/aromatic N) is 2. The van der Waals surface area contributed by atoms with Crippen molar-refractivity contribution in [3.63, 3.8) is 0 Å². The van der Waals surface area contributed by atoms with Crippen LogP contribution in [0.5, 0.6) is 0 Å². The summed E-state index contributed by atoms with van der Waals surface area (Å²) < 4.78 is 5.39. The number of benzene rings is 1. The van der Waals surface area contributed by atoms with Crippen LogP contribution in [-0.2, 0) is 16.1 Å². The van der Waals surface area contributed by atoms with E-state index in [4.69, 9.17) is 4.74 Å². The summed E-state index contributed by atoms with van der Waals surface area (Å²) in [5.41, 5.74) is 2.16. The molecule has 2 heterocycles. The molecule has 0 saturated carbocycles. The highest BCUT2D eigenvalue weighted by Crippen LogP contribution is 2.20. The second kappa shape index (κ2) is 10.8. The third-order valence-electron chi connectivity index (χ3n) is 5.62. The van der Waals surface area contributed by atoms with E-state index >= 15 is 0 Å². The van der Waals surface area contributed by atoms with Crippen LogP contribution >= 0.6 is 0 Å². The molecule has 0 aromatic heterocycles. The van der Waals surface area contributed by atoms with Crippen molar-refractivity contribution in [1.82, 2.24) is 15.1 Å². The molecule has 0 unspecified atom stereocenters. The zero-order chi connectivity index (χ0) is 18.9. The van der Waals surface area contributed by atoms with Gasteiger partial charge < -0.3 is 15.4 Å². The molecule has 0 atom stereocenters. The molecule has 0 spiro atoms. The third kappa shape index (κ3) is 6.88. The lowest BCUT2D eigenvalue weighted by atomic mass is 9.93. The lowest BCUT2D eigenvalue weighted by Gasteiger charge is -2.31. The van der Waals surface area contributed by atoms with E-state index in [1.54, 1.807) is 0 Å². The van der Waals surface area contributed by atoms with Gasteiger partial charge in [0, 0.05) is 25.3 Å². The molecule has 0 aliphatic carbocycles. The molecule has 2 fully saturated rings. The maximum Gasteiger partial charge on any atom is 0.238 e. The maximum atomic E-state index is 12.4. The van der Waals surface area contributed by atoms with Crippen molar-refractivity contribution in [3.8, 4) is 0 Å². The predicted molar refractivity (Wildman–Crippen MR) is 109 cm³/mol. The van der Waals surface area contributed by atoms with Crippen molar-refractivity contribution < 1.29 is 9.53 Å². The second-order valence-electron chi connectivity index (χ2n) is 7.75. The monoisotopic (exact) mass is 374 g/mol. The fourth-order valence-electron chi connectivity index (χ4n) is 3.90. The van der Waals surface area contributed by atoms with Gasteiger partial charge in [-0.05, 0) is 69.6 Å². The molecule has 1 aromatic rings. The SMILES string of the molecule is CNCCC1CCN(CC(=O)Nc2ccc(CN3CCOCC3)cc2)CC1. The zero-order valence-electron chi connectivity index (χ0n) is 16.6.